The van der Waals surface area contributed by atoms with Crippen molar-refractivity contribution in [1.29, 1.82) is 0 Å². The normalized spacial score (nSPS) is 25.2. The first-order valence-corrected chi connectivity index (χ1v) is 13.6. The maximum Gasteiger partial charge on any atom is 0.290 e. The second-order valence-electron chi connectivity index (χ2n) is 10.9. The summed E-state index contributed by atoms with van der Waals surface area (Å²) in [7, 11) is 0. The maximum atomic E-state index is 13.8. The number of nitrogens with two attached hydrogens (primary N) is 1. The molecule has 0 spiro atoms. The number of hydrogen-bond acceptors (Lipinski definition) is 7. The molecule has 2 saturated heterocycles. The van der Waals surface area contributed by atoms with E-state index in [1.54, 1.807) is 29.2 Å². The molecule has 3 N–H and O–H groups in total. The van der Waals surface area contributed by atoms with Crippen LogP contribution >= 0.6 is 11.6 Å². The molecule has 3 heterocycles. The molecule has 0 aliphatic carbocycles. The van der Waals surface area contributed by atoms with E-state index in [-0.39, 0.29) is 47.5 Å². The molecule has 2 aromatic rings. The number of Topliss-reactive ketones (excluding diaryl/α,β-unsaturated/α-hetero) is 1. The zero-order valence-electron chi connectivity index (χ0n) is 22.0. The van der Waals surface area contributed by atoms with Gasteiger partial charge in [0.25, 0.3) is 11.8 Å². The second kappa shape index (κ2) is 10.8. The summed E-state index contributed by atoms with van der Waals surface area (Å²) in [6.45, 7) is 6.30. The number of amides is 2. The molecule has 0 radical (unpaired) electrons. The molecule has 2 aromatic carbocycles. The number of halogens is 2. The number of carbonyl (C=O) groups excluding carboxylic acids is 3. The van der Waals surface area contributed by atoms with E-state index in [0.29, 0.717) is 43.9 Å². The summed E-state index contributed by atoms with van der Waals surface area (Å²) in [5.74, 6) is 3.53. The molecule has 0 aromatic heterocycles. The second-order valence-corrected chi connectivity index (χ2v) is 11.3. The summed E-state index contributed by atoms with van der Waals surface area (Å²) in [4.78, 5) is 45.2. The Bertz CT molecular complexity index is 1290. The first-order chi connectivity index (χ1) is 18.5. The highest BCUT2D eigenvalue weighted by molar-refractivity contribution is 6.39. The smallest absolute Gasteiger partial charge is 0.290 e. The van der Waals surface area contributed by atoms with Crippen molar-refractivity contribution in [1.82, 2.24) is 14.7 Å². The van der Waals surface area contributed by atoms with Crippen molar-refractivity contribution >= 4 is 34.9 Å². The van der Waals surface area contributed by atoms with Crippen LogP contribution in [0.3, 0.4) is 0 Å². The van der Waals surface area contributed by atoms with Crippen molar-refractivity contribution in [2.75, 3.05) is 37.7 Å². The van der Waals surface area contributed by atoms with Crippen LogP contribution in [-0.4, -0.2) is 88.3 Å². The number of aliphatic hydroxyl groups is 1. The topological polar surface area (TPSA) is 110 Å². The number of fused-ring (bicyclic) bond motifs is 1. The number of piperazine rings is 1. The lowest BCUT2D eigenvalue weighted by Gasteiger charge is -2.44. The summed E-state index contributed by atoms with van der Waals surface area (Å²) in [5.41, 5.74) is 2.27. The van der Waals surface area contributed by atoms with E-state index in [4.69, 9.17) is 17.4 Å². The first kappa shape index (κ1) is 27.5. The van der Waals surface area contributed by atoms with Crippen molar-refractivity contribution in [3.63, 3.8) is 0 Å². The molecular formula is C28H33ClFN5O4. The van der Waals surface area contributed by atoms with Gasteiger partial charge >= 0.3 is 0 Å². The summed E-state index contributed by atoms with van der Waals surface area (Å²) in [6.07, 6.45) is -0.196. The highest BCUT2D eigenvalue weighted by atomic mass is 35.5. The fourth-order valence-corrected chi connectivity index (χ4v) is 6.04. The third-order valence-electron chi connectivity index (χ3n) is 8.06. The van der Waals surface area contributed by atoms with Gasteiger partial charge in [0.05, 0.1) is 28.3 Å². The standard InChI is InChI=1S/C28H33ClFN5O4/c1-16-12-34(17(2)11-33(16)13-18-3-5-19(30)6-4-18)27(38)22-9-21-23(15-35(31)25(21)10-24(22)29)26(37)28(39)32-8-7-20(36)14-32/h3-6,9-10,16-17,20,23,36H,7-8,11-15,31H2,1-2H3/t16-,17+,20+,23?/m0/s1. The number of nitrogens with zero attached hydrogens (tertiary/aromatic N) is 4. The molecule has 3 aliphatic heterocycles. The van der Waals surface area contributed by atoms with Gasteiger partial charge in [-0.2, -0.15) is 0 Å². The molecule has 2 fully saturated rings. The number of hydrogen-bond donors (Lipinski definition) is 2. The molecule has 39 heavy (non-hydrogen) atoms. The van der Waals surface area contributed by atoms with E-state index in [0.717, 1.165) is 5.56 Å². The number of benzene rings is 2. The number of aliphatic hydroxyl groups excluding tert-OH is 1. The van der Waals surface area contributed by atoms with Crippen LogP contribution in [0.25, 0.3) is 0 Å². The monoisotopic (exact) mass is 557 g/mol. The molecule has 5 rings (SSSR count). The van der Waals surface area contributed by atoms with E-state index in [1.165, 1.54) is 22.0 Å². The molecule has 1 unspecified atom stereocenters. The lowest BCUT2D eigenvalue weighted by atomic mass is 9.93. The summed E-state index contributed by atoms with van der Waals surface area (Å²) >= 11 is 6.57. The molecule has 11 heteroatoms. The van der Waals surface area contributed by atoms with E-state index < -0.39 is 23.7 Å². The Labute approximate surface area is 231 Å². The van der Waals surface area contributed by atoms with Gasteiger partial charge in [0.2, 0.25) is 5.78 Å². The molecule has 2 amide bonds. The SMILES string of the molecule is C[C@@H]1CN(Cc2ccc(F)cc2)[C@@H](C)CN1C(=O)c1cc2c(cc1Cl)N(N)CC2C(=O)C(=O)N1CC[C@@H](O)C1. The van der Waals surface area contributed by atoms with Crippen molar-refractivity contribution in [2.24, 2.45) is 5.84 Å². The lowest BCUT2D eigenvalue weighted by Crippen LogP contribution is -2.57. The van der Waals surface area contributed by atoms with Crippen LogP contribution < -0.4 is 10.9 Å². The largest absolute Gasteiger partial charge is 0.391 e. The quantitative estimate of drug-likeness (QED) is 0.428. The zero-order valence-corrected chi connectivity index (χ0v) is 22.8. The van der Waals surface area contributed by atoms with Gasteiger partial charge in [-0.05, 0) is 55.7 Å². The molecule has 3 aliphatic rings. The fraction of sp³-hybridized carbons (Fsp3) is 0.464. The molecule has 4 atom stereocenters. The van der Waals surface area contributed by atoms with Crippen LogP contribution in [-0.2, 0) is 16.1 Å². The zero-order chi connectivity index (χ0) is 28.0. The number of ketones is 1. The van der Waals surface area contributed by atoms with Crippen LogP contribution in [0.2, 0.25) is 5.02 Å². The van der Waals surface area contributed by atoms with Gasteiger partial charge in [-0.25, -0.2) is 10.2 Å². The van der Waals surface area contributed by atoms with Gasteiger partial charge in [0, 0.05) is 51.4 Å². The number of β-amino-alcohol motifs (C(OH)–C–C–N with tert-alkyl or cyclic N) is 1. The Hall–Kier alpha value is -3.05. The Morgan fingerprint density at radius 3 is 2.44 bits per heavy atom. The van der Waals surface area contributed by atoms with Crippen molar-refractivity contribution in [3.05, 3.63) is 63.9 Å². The summed E-state index contributed by atoms with van der Waals surface area (Å²) < 4.78 is 13.3. The minimum atomic E-state index is -0.831. The van der Waals surface area contributed by atoms with Gasteiger partial charge < -0.3 is 19.9 Å². The Morgan fingerprint density at radius 2 is 1.77 bits per heavy atom. The van der Waals surface area contributed by atoms with Gasteiger partial charge in [0.15, 0.2) is 0 Å². The van der Waals surface area contributed by atoms with E-state index in [1.807, 2.05) is 13.8 Å². The predicted molar refractivity (Wildman–Crippen MR) is 145 cm³/mol. The van der Waals surface area contributed by atoms with Gasteiger partial charge in [-0.3, -0.25) is 19.3 Å². The van der Waals surface area contributed by atoms with Gasteiger partial charge in [0.1, 0.15) is 5.82 Å². The molecule has 208 valence electrons. The minimum absolute atomic E-state index is 0.0469. The summed E-state index contributed by atoms with van der Waals surface area (Å²) in [6, 6.07) is 9.54. The third-order valence-corrected chi connectivity index (χ3v) is 8.38. The molecule has 9 nitrogen and oxygen atoms in total. The van der Waals surface area contributed by atoms with E-state index in [9.17, 15) is 23.9 Å². The molecule has 0 bridgehead atoms. The third kappa shape index (κ3) is 5.38. The minimum Gasteiger partial charge on any atom is -0.391 e. The van der Waals surface area contributed by atoms with Crippen molar-refractivity contribution in [2.45, 2.75) is 50.9 Å². The Morgan fingerprint density at radius 1 is 1.05 bits per heavy atom. The van der Waals surface area contributed by atoms with Crippen LogP contribution in [0.4, 0.5) is 10.1 Å². The van der Waals surface area contributed by atoms with Crippen LogP contribution in [0.15, 0.2) is 36.4 Å². The lowest BCUT2D eigenvalue weighted by molar-refractivity contribution is -0.144. The van der Waals surface area contributed by atoms with Crippen molar-refractivity contribution in [3.8, 4) is 0 Å². The van der Waals surface area contributed by atoms with Gasteiger partial charge in [-0.1, -0.05) is 23.7 Å². The molecule has 0 saturated carbocycles. The maximum absolute atomic E-state index is 13.8. The number of anilines is 1. The summed E-state index contributed by atoms with van der Waals surface area (Å²) in [5, 5.41) is 11.4. The molecular weight excluding hydrogens is 525 g/mol. The van der Waals surface area contributed by atoms with Gasteiger partial charge in [-0.15, -0.1) is 0 Å². The van der Waals surface area contributed by atoms with Crippen LogP contribution in [0, 0.1) is 5.82 Å². The highest BCUT2D eigenvalue weighted by Gasteiger charge is 2.41. The van der Waals surface area contributed by atoms with E-state index >= 15 is 0 Å². The highest BCUT2D eigenvalue weighted by Crippen LogP contribution is 2.39. The van der Waals surface area contributed by atoms with Crippen LogP contribution in [0.1, 0.15) is 47.7 Å². The fourth-order valence-electron chi connectivity index (χ4n) is 5.80. The first-order valence-electron chi connectivity index (χ1n) is 13.2. The average Bonchev–Trinajstić information content (AvgIpc) is 3.48. The predicted octanol–water partition coefficient (Wildman–Crippen LogP) is 2.15. The Balaban J connectivity index is 1.34. The number of rotatable bonds is 5. The van der Waals surface area contributed by atoms with Crippen molar-refractivity contribution < 1.29 is 23.9 Å². The number of carbonyl (C=O) groups is 3. The van der Waals surface area contributed by atoms with E-state index in [2.05, 4.69) is 4.90 Å². The van der Waals surface area contributed by atoms with Crippen LogP contribution in [0.5, 0.6) is 0 Å². The number of likely N-dealkylation sites (tertiary alicyclic amines) is 1. The average molecular weight is 558 g/mol. The Kier molecular flexibility index (Phi) is 7.65. The number of hydrazine groups is 1.